The van der Waals surface area contributed by atoms with Crippen LogP contribution in [0.15, 0.2) is 53.3 Å². The van der Waals surface area contributed by atoms with E-state index >= 15 is 0 Å². The fourth-order valence-corrected chi connectivity index (χ4v) is 5.47. The third-order valence-corrected chi connectivity index (χ3v) is 7.14. The lowest BCUT2D eigenvalue weighted by Crippen LogP contribution is -2.36. The molecule has 1 atom stereocenters. The highest BCUT2D eigenvalue weighted by Gasteiger charge is 2.18. The van der Waals surface area contributed by atoms with E-state index in [-0.39, 0.29) is 11.9 Å². The summed E-state index contributed by atoms with van der Waals surface area (Å²) in [5, 5.41) is 4.16. The summed E-state index contributed by atoms with van der Waals surface area (Å²) in [6, 6.07) is 10.7. The van der Waals surface area contributed by atoms with E-state index in [0.717, 1.165) is 39.5 Å². The number of hydrogen-bond acceptors (Lipinski definition) is 6. The molecule has 1 aromatic carbocycles. The predicted octanol–water partition coefficient (Wildman–Crippen LogP) is 3.69. The minimum atomic E-state index is 0.0411. The number of hydrogen-bond donors (Lipinski definition) is 1. The Balaban J connectivity index is 1.26. The average Bonchev–Trinajstić information content (AvgIpc) is 3.46. The number of amides is 1. The number of nitrogens with one attached hydrogen (secondary N) is 1. The summed E-state index contributed by atoms with van der Waals surface area (Å²) in [7, 11) is 0. The molecule has 1 saturated heterocycles. The van der Waals surface area contributed by atoms with E-state index in [2.05, 4.69) is 50.3 Å². The summed E-state index contributed by atoms with van der Waals surface area (Å²) >= 11 is 3.13. The number of benzene rings is 1. The molecule has 4 aromatic rings. The quantitative estimate of drug-likeness (QED) is 0.478. The Kier molecular flexibility index (Phi) is 5.22. The highest BCUT2D eigenvalue weighted by Crippen LogP contribution is 2.30. The zero-order valence-corrected chi connectivity index (χ0v) is 17.3. The van der Waals surface area contributed by atoms with Gasteiger partial charge in [0.25, 0.3) is 0 Å². The van der Waals surface area contributed by atoms with E-state index in [1.54, 1.807) is 11.3 Å². The number of fused-ring (bicyclic) bond motifs is 2. The van der Waals surface area contributed by atoms with Gasteiger partial charge in [-0.25, -0.2) is 4.98 Å². The second kappa shape index (κ2) is 8.14. The Hall–Kier alpha value is -2.42. The smallest absolute Gasteiger partial charge is 0.230 e. The number of carbonyl (C=O) groups is 1. The molecular formula is C21H20N4O2S2. The molecule has 8 heteroatoms. The van der Waals surface area contributed by atoms with E-state index in [1.165, 1.54) is 22.8 Å². The van der Waals surface area contributed by atoms with Gasteiger partial charge in [0, 0.05) is 37.1 Å². The maximum absolute atomic E-state index is 12.1. The molecule has 1 aliphatic heterocycles. The van der Waals surface area contributed by atoms with Gasteiger partial charge in [-0.05, 0) is 36.2 Å². The van der Waals surface area contributed by atoms with Gasteiger partial charge in [-0.3, -0.25) is 9.78 Å². The molecule has 1 fully saturated rings. The second-order valence-corrected chi connectivity index (χ2v) is 9.33. The SMILES string of the molecule is O=C(CSc1nc2ccc(Cn3ccc4cnccc43)cc2s1)NC1CCOC1. The van der Waals surface area contributed by atoms with Crippen molar-refractivity contribution in [2.75, 3.05) is 19.0 Å². The molecule has 6 nitrogen and oxygen atoms in total. The number of thiazole rings is 1. The largest absolute Gasteiger partial charge is 0.379 e. The van der Waals surface area contributed by atoms with E-state index in [1.807, 2.05) is 18.5 Å². The van der Waals surface area contributed by atoms with Gasteiger partial charge in [0.05, 0.1) is 34.1 Å². The first kappa shape index (κ1) is 18.6. The topological polar surface area (TPSA) is 69.0 Å². The first-order valence-electron chi connectivity index (χ1n) is 9.53. The zero-order chi connectivity index (χ0) is 19.6. The summed E-state index contributed by atoms with van der Waals surface area (Å²) in [6.07, 6.45) is 6.70. The molecule has 0 saturated carbocycles. The van der Waals surface area contributed by atoms with Crippen molar-refractivity contribution in [3.05, 3.63) is 54.5 Å². The first-order valence-corrected chi connectivity index (χ1v) is 11.3. The molecule has 0 radical (unpaired) electrons. The van der Waals surface area contributed by atoms with Gasteiger partial charge in [0.2, 0.25) is 5.91 Å². The van der Waals surface area contributed by atoms with Crippen molar-refractivity contribution in [2.24, 2.45) is 0 Å². The third-order valence-electron chi connectivity index (χ3n) is 4.98. The van der Waals surface area contributed by atoms with Gasteiger partial charge in [-0.2, -0.15) is 0 Å². The van der Waals surface area contributed by atoms with Crippen LogP contribution in [0.3, 0.4) is 0 Å². The number of aromatic nitrogens is 3. The molecule has 0 bridgehead atoms. The van der Waals surface area contributed by atoms with Gasteiger partial charge >= 0.3 is 0 Å². The second-order valence-electron chi connectivity index (χ2n) is 7.08. The van der Waals surface area contributed by atoms with Gasteiger partial charge < -0.3 is 14.6 Å². The molecule has 3 aromatic heterocycles. The monoisotopic (exact) mass is 424 g/mol. The lowest BCUT2D eigenvalue weighted by molar-refractivity contribution is -0.119. The molecule has 4 heterocycles. The number of pyridine rings is 1. The van der Waals surface area contributed by atoms with Crippen LogP contribution in [-0.4, -0.2) is 45.5 Å². The van der Waals surface area contributed by atoms with Gasteiger partial charge in [0.1, 0.15) is 0 Å². The maximum Gasteiger partial charge on any atom is 0.230 e. The molecule has 1 N–H and O–H groups in total. The van der Waals surface area contributed by atoms with Crippen molar-refractivity contribution in [1.29, 1.82) is 0 Å². The van der Waals surface area contributed by atoms with Crippen LogP contribution in [0.1, 0.15) is 12.0 Å². The Bertz CT molecular complexity index is 1160. The number of nitrogens with zero attached hydrogens (tertiary/aromatic N) is 3. The summed E-state index contributed by atoms with van der Waals surface area (Å²) in [5.74, 6) is 0.423. The predicted molar refractivity (Wildman–Crippen MR) is 117 cm³/mol. The summed E-state index contributed by atoms with van der Waals surface area (Å²) in [6.45, 7) is 2.15. The molecule has 148 valence electrons. The third kappa shape index (κ3) is 4.14. The highest BCUT2D eigenvalue weighted by molar-refractivity contribution is 8.01. The molecular weight excluding hydrogens is 404 g/mol. The average molecular weight is 425 g/mol. The van der Waals surface area contributed by atoms with Crippen LogP contribution in [0.25, 0.3) is 21.1 Å². The van der Waals surface area contributed by atoms with Crippen LogP contribution in [0.4, 0.5) is 0 Å². The molecule has 0 aliphatic carbocycles. The van der Waals surface area contributed by atoms with Crippen molar-refractivity contribution in [1.82, 2.24) is 19.9 Å². The van der Waals surface area contributed by atoms with Crippen molar-refractivity contribution in [2.45, 2.75) is 23.3 Å². The van der Waals surface area contributed by atoms with Crippen LogP contribution in [0, 0.1) is 0 Å². The Labute approximate surface area is 176 Å². The summed E-state index contributed by atoms with van der Waals surface area (Å²) < 4.78 is 9.59. The lowest BCUT2D eigenvalue weighted by atomic mass is 10.2. The van der Waals surface area contributed by atoms with E-state index in [4.69, 9.17) is 4.74 Å². The molecule has 1 aliphatic rings. The van der Waals surface area contributed by atoms with Crippen molar-refractivity contribution < 1.29 is 9.53 Å². The Morgan fingerprint density at radius 1 is 1.34 bits per heavy atom. The fraction of sp³-hybridized carbons (Fsp3) is 0.286. The molecule has 0 spiro atoms. The highest BCUT2D eigenvalue weighted by atomic mass is 32.2. The maximum atomic E-state index is 12.1. The summed E-state index contributed by atoms with van der Waals surface area (Å²) in [5.41, 5.74) is 3.39. The van der Waals surface area contributed by atoms with E-state index < -0.39 is 0 Å². The van der Waals surface area contributed by atoms with Crippen LogP contribution >= 0.6 is 23.1 Å². The lowest BCUT2D eigenvalue weighted by Gasteiger charge is -2.09. The van der Waals surface area contributed by atoms with Crippen molar-refractivity contribution in [3.63, 3.8) is 0 Å². The Morgan fingerprint density at radius 3 is 3.21 bits per heavy atom. The van der Waals surface area contributed by atoms with E-state index in [0.29, 0.717) is 12.4 Å². The summed E-state index contributed by atoms with van der Waals surface area (Å²) in [4.78, 5) is 21.0. The molecule has 29 heavy (non-hydrogen) atoms. The van der Waals surface area contributed by atoms with Crippen LogP contribution in [0.5, 0.6) is 0 Å². The normalized spacial score (nSPS) is 16.6. The van der Waals surface area contributed by atoms with Gasteiger partial charge in [0.15, 0.2) is 4.34 Å². The molecule has 5 rings (SSSR count). The minimum Gasteiger partial charge on any atom is -0.379 e. The van der Waals surface area contributed by atoms with Crippen molar-refractivity contribution >= 4 is 50.1 Å². The minimum absolute atomic E-state index is 0.0411. The molecule has 1 unspecified atom stereocenters. The standard InChI is InChI=1S/C21H20N4O2S2/c26-20(23-16-5-8-27-12-16)13-28-21-24-17-2-1-14(9-19(17)29-21)11-25-7-4-15-10-22-6-3-18(15)25/h1-4,6-7,9-10,16H,5,8,11-13H2,(H,23,26). The van der Waals surface area contributed by atoms with Crippen LogP contribution in [-0.2, 0) is 16.1 Å². The number of rotatable bonds is 6. The van der Waals surface area contributed by atoms with E-state index in [9.17, 15) is 4.79 Å². The van der Waals surface area contributed by atoms with Gasteiger partial charge in [-0.15, -0.1) is 11.3 Å². The fourth-order valence-electron chi connectivity index (χ4n) is 3.53. The molecule has 1 amide bonds. The van der Waals surface area contributed by atoms with Crippen LogP contribution < -0.4 is 5.32 Å². The Morgan fingerprint density at radius 2 is 2.31 bits per heavy atom. The zero-order valence-electron chi connectivity index (χ0n) is 15.7. The van der Waals surface area contributed by atoms with Gasteiger partial charge in [-0.1, -0.05) is 17.8 Å². The number of ether oxygens (including phenoxy) is 1. The number of thioether (sulfide) groups is 1. The van der Waals surface area contributed by atoms with Crippen LogP contribution in [0.2, 0.25) is 0 Å². The number of carbonyl (C=O) groups excluding carboxylic acids is 1. The first-order chi connectivity index (χ1) is 14.2. The van der Waals surface area contributed by atoms with Crippen molar-refractivity contribution in [3.8, 4) is 0 Å².